The van der Waals surface area contributed by atoms with Gasteiger partial charge in [0.1, 0.15) is 5.56 Å². The molecule has 1 saturated heterocycles. The number of carbonyl (C=O) groups excluding carboxylic acids is 2. The fraction of sp³-hybridized carbons (Fsp3) is 0.429. The summed E-state index contributed by atoms with van der Waals surface area (Å²) in [6, 6.07) is 11.6. The van der Waals surface area contributed by atoms with E-state index >= 15 is 0 Å². The van der Waals surface area contributed by atoms with Crippen molar-refractivity contribution in [3.63, 3.8) is 0 Å². The van der Waals surface area contributed by atoms with Crippen LogP contribution in [0.5, 0.6) is 0 Å². The maximum Gasteiger partial charge on any atom is 0.317 e. The second-order valence-corrected chi connectivity index (χ2v) is 7.84. The molecule has 1 aliphatic rings. The molecule has 9 heteroatoms. The minimum absolute atomic E-state index is 0.0548. The Hall–Kier alpha value is -3.54. The van der Waals surface area contributed by atoms with Crippen molar-refractivity contribution in [1.82, 2.24) is 20.0 Å². The molecule has 0 aliphatic carbocycles. The first-order valence-electron chi connectivity index (χ1n) is 9.99. The number of anilines is 2. The molecule has 1 fully saturated rings. The highest BCUT2D eigenvalue weighted by Crippen LogP contribution is 2.35. The summed E-state index contributed by atoms with van der Waals surface area (Å²) in [6.07, 6.45) is 2.93. The Labute approximate surface area is 175 Å². The highest BCUT2D eigenvalue weighted by molar-refractivity contribution is 5.98. The van der Waals surface area contributed by atoms with Crippen LogP contribution in [-0.4, -0.2) is 45.8 Å². The molecule has 4 N–H and O–H groups in total. The molecule has 0 spiro atoms. The molecule has 158 valence electrons. The van der Waals surface area contributed by atoms with Crippen LogP contribution in [0.1, 0.15) is 43.5 Å². The summed E-state index contributed by atoms with van der Waals surface area (Å²) in [5.74, 6) is -0.244. The van der Waals surface area contributed by atoms with E-state index < -0.39 is 11.4 Å². The Bertz CT molecular complexity index is 938. The lowest BCUT2D eigenvalue weighted by Gasteiger charge is -2.40. The summed E-state index contributed by atoms with van der Waals surface area (Å²) in [4.78, 5) is 26.1. The summed E-state index contributed by atoms with van der Waals surface area (Å²) >= 11 is 0. The summed E-state index contributed by atoms with van der Waals surface area (Å²) < 4.78 is 1.68. The molecule has 2 heterocycles. The lowest BCUT2D eigenvalue weighted by Crippen LogP contribution is -2.51. The number of nitrogens with zero attached hydrogens (tertiary/aromatic N) is 4. The first-order valence-corrected chi connectivity index (χ1v) is 9.99. The molecule has 1 aromatic carbocycles. The zero-order valence-electron chi connectivity index (χ0n) is 17.3. The monoisotopic (exact) mass is 409 g/mol. The van der Waals surface area contributed by atoms with Crippen LogP contribution in [0.3, 0.4) is 0 Å². The third-order valence-electron chi connectivity index (χ3n) is 5.30. The maximum absolute atomic E-state index is 12.3. The van der Waals surface area contributed by atoms with Crippen molar-refractivity contribution in [2.45, 2.75) is 44.7 Å². The third-order valence-corrected chi connectivity index (χ3v) is 5.30. The maximum atomic E-state index is 12.3. The lowest BCUT2D eigenvalue weighted by atomic mass is 9.85. The Balaban J connectivity index is 1.86. The van der Waals surface area contributed by atoms with Gasteiger partial charge >= 0.3 is 6.03 Å². The zero-order valence-corrected chi connectivity index (χ0v) is 17.3. The Morgan fingerprint density at radius 1 is 1.27 bits per heavy atom. The van der Waals surface area contributed by atoms with Gasteiger partial charge in [0.15, 0.2) is 5.82 Å². The van der Waals surface area contributed by atoms with E-state index in [1.807, 2.05) is 44.2 Å². The quantitative estimate of drug-likeness (QED) is 0.675. The number of nitrogens with two attached hydrogens (primary N) is 1. The van der Waals surface area contributed by atoms with E-state index in [-0.39, 0.29) is 24.1 Å². The zero-order chi connectivity index (χ0) is 21.7. The number of nitrogens with one attached hydrogen (secondary N) is 2. The van der Waals surface area contributed by atoms with Crippen molar-refractivity contribution in [1.29, 1.82) is 5.26 Å². The normalized spacial score (nSPS) is 15.5. The number of urea groups is 1. The number of carbonyl (C=O) groups is 2. The molecular weight excluding hydrogens is 382 g/mol. The van der Waals surface area contributed by atoms with Crippen LogP contribution in [0.4, 0.5) is 16.3 Å². The van der Waals surface area contributed by atoms with Gasteiger partial charge in [0.25, 0.3) is 5.91 Å². The van der Waals surface area contributed by atoms with Crippen LogP contribution in [0.25, 0.3) is 0 Å². The van der Waals surface area contributed by atoms with Gasteiger partial charge in [0.05, 0.1) is 18.0 Å². The van der Waals surface area contributed by atoms with Crippen molar-refractivity contribution in [2.24, 2.45) is 5.73 Å². The molecule has 9 nitrogen and oxygen atoms in total. The van der Waals surface area contributed by atoms with Crippen molar-refractivity contribution in [2.75, 3.05) is 18.4 Å². The third kappa shape index (κ3) is 4.54. The van der Waals surface area contributed by atoms with E-state index in [0.29, 0.717) is 31.7 Å². The number of benzene rings is 1. The van der Waals surface area contributed by atoms with Crippen LogP contribution < -0.4 is 16.4 Å². The molecule has 0 atom stereocenters. The smallest absolute Gasteiger partial charge is 0.317 e. The van der Waals surface area contributed by atoms with E-state index in [1.54, 1.807) is 15.8 Å². The van der Waals surface area contributed by atoms with Gasteiger partial charge < -0.3 is 21.3 Å². The number of primary amides is 1. The highest BCUT2D eigenvalue weighted by Gasteiger charge is 2.39. The molecule has 1 aliphatic heterocycles. The van der Waals surface area contributed by atoms with Crippen molar-refractivity contribution in [3.05, 3.63) is 42.1 Å². The summed E-state index contributed by atoms with van der Waals surface area (Å²) in [7, 11) is 0. The number of hydrogen-bond donors (Lipinski definition) is 3. The Morgan fingerprint density at radius 2 is 1.93 bits per heavy atom. The number of rotatable bonds is 6. The molecule has 0 saturated carbocycles. The molecule has 2 aromatic rings. The van der Waals surface area contributed by atoms with Crippen LogP contribution in [-0.2, 0) is 5.54 Å². The number of nitriles is 1. The predicted octanol–water partition coefficient (Wildman–Crippen LogP) is 2.55. The second-order valence-electron chi connectivity index (χ2n) is 7.84. The predicted molar refractivity (Wildman–Crippen MR) is 113 cm³/mol. The van der Waals surface area contributed by atoms with Gasteiger partial charge in [-0.15, -0.1) is 0 Å². The number of amides is 3. The number of hydrogen-bond acceptors (Lipinski definition) is 5. The first-order chi connectivity index (χ1) is 14.3. The van der Waals surface area contributed by atoms with E-state index in [1.165, 1.54) is 0 Å². The van der Waals surface area contributed by atoms with Crippen LogP contribution in [0, 0.1) is 11.3 Å². The van der Waals surface area contributed by atoms with Gasteiger partial charge in [-0.2, -0.15) is 10.4 Å². The van der Waals surface area contributed by atoms with Gasteiger partial charge in [0, 0.05) is 31.0 Å². The number of para-hydroxylation sites is 1. The highest BCUT2D eigenvalue weighted by atomic mass is 16.2. The minimum atomic E-state index is -0.607. The Morgan fingerprint density at radius 3 is 2.50 bits per heavy atom. The van der Waals surface area contributed by atoms with Crippen LogP contribution in [0.2, 0.25) is 0 Å². The van der Waals surface area contributed by atoms with Crippen molar-refractivity contribution in [3.8, 4) is 6.07 Å². The number of aromatic nitrogens is 2. The fourth-order valence-electron chi connectivity index (χ4n) is 3.65. The number of piperidine rings is 1. The van der Waals surface area contributed by atoms with E-state index in [4.69, 9.17) is 5.73 Å². The summed E-state index contributed by atoms with van der Waals surface area (Å²) in [6.45, 7) is 4.82. The molecule has 30 heavy (non-hydrogen) atoms. The van der Waals surface area contributed by atoms with Gasteiger partial charge in [-0.3, -0.25) is 9.48 Å². The average molecular weight is 409 g/mol. The molecule has 0 bridgehead atoms. The van der Waals surface area contributed by atoms with E-state index in [0.717, 1.165) is 5.69 Å². The first kappa shape index (κ1) is 21.2. The molecule has 0 radical (unpaired) electrons. The van der Waals surface area contributed by atoms with Gasteiger partial charge in [0.2, 0.25) is 0 Å². The number of likely N-dealkylation sites (tertiary alicyclic amines) is 1. The molecule has 3 rings (SSSR count). The van der Waals surface area contributed by atoms with Crippen LogP contribution >= 0.6 is 0 Å². The molecule has 0 unspecified atom stereocenters. The largest absolute Gasteiger partial charge is 0.365 e. The second kappa shape index (κ2) is 8.86. The van der Waals surface area contributed by atoms with Crippen molar-refractivity contribution >= 4 is 23.4 Å². The average Bonchev–Trinajstić information content (AvgIpc) is 3.14. The van der Waals surface area contributed by atoms with Gasteiger partial charge in [-0.25, -0.2) is 4.79 Å². The van der Waals surface area contributed by atoms with E-state index in [2.05, 4.69) is 21.8 Å². The summed E-state index contributed by atoms with van der Waals surface area (Å²) in [5.41, 5.74) is 6.01. The molecule has 1 aromatic heterocycles. The standard InChI is InChI=1S/C21H27N7O2/c1-15(2)24-20(30)27-12-9-21(8-11-22,10-13-27)28-14-17(18(23)29)19(26-28)25-16-6-4-3-5-7-16/h3-7,14-15H,8-10,12-13H2,1-2H3,(H2,23,29)(H,24,30)(H,25,26). The van der Waals surface area contributed by atoms with Gasteiger partial charge in [-0.05, 0) is 38.8 Å². The fourth-order valence-corrected chi connectivity index (χ4v) is 3.65. The Kier molecular flexibility index (Phi) is 6.26. The lowest BCUT2D eigenvalue weighted by molar-refractivity contribution is 0.0999. The van der Waals surface area contributed by atoms with Crippen molar-refractivity contribution < 1.29 is 9.59 Å². The molecule has 3 amide bonds. The summed E-state index contributed by atoms with van der Waals surface area (Å²) in [5, 5.41) is 20.1. The topological polar surface area (TPSA) is 129 Å². The van der Waals surface area contributed by atoms with Gasteiger partial charge in [-0.1, -0.05) is 18.2 Å². The van der Waals surface area contributed by atoms with E-state index in [9.17, 15) is 14.9 Å². The molecular formula is C21H27N7O2. The minimum Gasteiger partial charge on any atom is -0.365 e. The SMILES string of the molecule is CC(C)NC(=O)N1CCC(CC#N)(n2cc(C(N)=O)c(Nc3ccccc3)n2)CC1. The van der Waals surface area contributed by atoms with Crippen LogP contribution in [0.15, 0.2) is 36.5 Å².